The minimum atomic E-state index is -0.372. The smallest absolute Gasteiger partial charge is 0.246 e. The van der Waals surface area contributed by atoms with Crippen molar-refractivity contribution in [1.82, 2.24) is 10.2 Å². The number of imide groups is 1. The van der Waals surface area contributed by atoms with E-state index in [0.29, 0.717) is 6.54 Å². The Morgan fingerprint density at radius 2 is 1.90 bits per heavy atom. The quantitative estimate of drug-likeness (QED) is 0.816. The second-order valence-electron chi connectivity index (χ2n) is 6.25. The Labute approximate surface area is 126 Å². The molecule has 1 atom stereocenters. The molecule has 0 radical (unpaired) electrons. The Hall–Kier alpha value is -1.68. The zero-order valence-electron chi connectivity index (χ0n) is 13.1. The van der Waals surface area contributed by atoms with Gasteiger partial charge in [-0.05, 0) is 39.2 Å². The molecule has 1 N–H and O–H groups in total. The van der Waals surface area contributed by atoms with E-state index in [9.17, 15) is 9.59 Å². The predicted octanol–water partition coefficient (Wildman–Crippen LogP) is 2.13. The van der Waals surface area contributed by atoms with E-state index < -0.39 is 0 Å². The van der Waals surface area contributed by atoms with Crippen LogP contribution in [-0.4, -0.2) is 34.8 Å². The van der Waals surface area contributed by atoms with Gasteiger partial charge in [-0.2, -0.15) is 0 Å². The summed E-state index contributed by atoms with van der Waals surface area (Å²) in [6, 6.07) is 9.93. The first-order chi connectivity index (χ1) is 9.93. The maximum atomic E-state index is 12.1. The summed E-state index contributed by atoms with van der Waals surface area (Å²) < 4.78 is 0. The van der Waals surface area contributed by atoms with E-state index in [-0.39, 0.29) is 29.8 Å². The van der Waals surface area contributed by atoms with Crippen LogP contribution in [0.25, 0.3) is 0 Å². The molecule has 1 aromatic rings. The molecule has 114 valence electrons. The minimum Gasteiger partial charge on any atom is -0.300 e. The third kappa shape index (κ3) is 3.91. The summed E-state index contributed by atoms with van der Waals surface area (Å²) in [6.45, 7) is 6.46. The molecule has 2 amide bonds. The van der Waals surface area contributed by atoms with Gasteiger partial charge in [0.2, 0.25) is 11.8 Å². The summed E-state index contributed by atoms with van der Waals surface area (Å²) in [7, 11) is 0. The number of carbonyl (C=O) groups excluding carboxylic acids is 2. The van der Waals surface area contributed by atoms with E-state index in [1.54, 1.807) is 0 Å². The van der Waals surface area contributed by atoms with Gasteiger partial charge in [0.05, 0.1) is 12.5 Å². The van der Waals surface area contributed by atoms with Gasteiger partial charge in [-0.3, -0.25) is 14.5 Å². The fourth-order valence-corrected chi connectivity index (χ4v) is 2.77. The Morgan fingerprint density at radius 3 is 2.48 bits per heavy atom. The van der Waals surface area contributed by atoms with Crippen molar-refractivity contribution in [3.8, 4) is 0 Å². The van der Waals surface area contributed by atoms with Crippen LogP contribution in [0.1, 0.15) is 39.2 Å². The molecule has 1 aromatic carbocycles. The molecule has 0 aromatic heterocycles. The Bertz CT molecular complexity index is 511. The fraction of sp³-hybridized carbons (Fsp3) is 0.529. The lowest BCUT2D eigenvalue weighted by atomic mass is 9.94. The van der Waals surface area contributed by atoms with E-state index in [4.69, 9.17) is 0 Å². The summed E-state index contributed by atoms with van der Waals surface area (Å²) >= 11 is 0. The first-order valence-corrected chi connectivity index (χ1v) is 7.59. The molecule has 1 saturated heterocycles. The van der Waals surface area contributed by atoms with Crippen LogP contribution in [0.5, 0.6) is 0 Å². The summed E-state index contributed by atoms with van der Waals surface area (Å²) in [4.78, 5) is 25.2. The molecule has 0 saturated carbocycles. The van der Waals surface area contributed by atoms with E-state index in [1.807, 2.05) is 25.1 Å². The maximum Gasteiger partial charge on any atom is 0.246 e. The van der Waals surface area contributed by atoms with Crippen molar-refractivity contribution in [3.63, 3.8) is 0 Å². The lowest BCUT2D eigenvalue weighted by Gasteiger charge is -2.29. The van der Waals surface area contributed by atoms with Gasteiger partial charge in [0, 0.05) is 12.1 Å². The van der Waals surface area contributed by atoms with Gasteiger partial charge >= 0.3 is 0 Å². The molecule has 0 spiro atoms. The van der Waals surface area contributed by atoms with E-state index >= 15 is 0 Å². The van der Waals surface area contributed by atoms with Crippen molar-refractivity contribution in [3.05, 3.63) is 35.9 Å². The first-order valence-electron chi connectivity index (χ1n) is 7.59. The van der Waals surface area contributed by atoms with Crippen LogP contribution in [0.15, 0.2) is 30.3 Å². The van der Waals surface area contributed by atoms with Crippen molar-refractivity contribution in [2.45, 2.75) is 51.6 Å². The van der Waals surface area contributed by atoms with E-state index in [2.05, 4.69) is 31.3 Å². The topological polar surface area (TPSA) is 49.4 Å². The monoisotopic (exact) mass is 288 g/mol. The lowest BCUT2D eigenvalue weighted by Crippen LogP contribution is -2.49. The zero-order valence-corrected chi connectivity index (χ0v) is 13.1. The third-order valence-corrected chi connectivity index (χ3v) is 4.01. The SMILES string of the molecule is CCN1C(=O)CC(NC(C)(C)CCc2ccccc2)C1=O. The number of hydrogen-bond acceptors (Lipinski definition) is 3. The van der Waals surface area contributed by atoms with Crippen LogP contribution in [0.4, 0.5) is 0 Å². The largest absolute Gasteiger partial charge is 0.300 e. The van der Waals surface area contributed by atoms with Crippen molar-refractivity contribution in [2.24, 2.45) is 0 Å². The second kappa shape index (κ2) is 6.39. The fourth-order valence-electron chi connectivity index (χ4n) is 2.77. The van der Waals surface area contributed by atoms with Crippen LogP contribution in [0, 0.1) is 0 Å². The highest BCUT2D eigenvalue weighted by Gasteiger charge is 2.39. The molecular formula is C17H24N2O2. The van der Waals surface area contributed by atoms with Crippen molar-refractivity contribution >= 4 is 11.8 Å². The Kier molecular flexibility index (Phi) is 4.78. The average Bonchev–Trinajstić information content (AvgIpc) is 2.71. The van der Waals surface area contributed by atoms with Crippen LogP contribution < -0.4 is 5.32 Å². The molecule has 1 unspecified atom stereocenters. The number of carbonyl (C=O) groups is 2. The normalized spacial score (nSPS) is 19.4. The Balaban J connectivity index is 1.92. The van der Waals surface area contributed by atoms with E-state index in [1.165, 1.54) is 10.5 Å². The number of rotatable bonds is 6. The number of hydrogen-bond donors (Lipinski definition) is 1. The molecule has 0 bridgehead atoms. The van der Waals surface area contributed by atoms with Crippen molar-refractivity contribution in [1.29, 1.82) is 0 Å². The molecule has 1 aliphatic rings. The van der Waals surface area contributed by atoms with E-state index in [0.717, 1.165) is 12.8 Å². The molecule has 0 aliphatic carbocycles. The lowest BCUT2D eigenvalue weighted by molar-refractivity contribution is -0.138. The molecule has 1 fully saturated rings. The van der Waals surface area contributed by atoms with Gasteiger partial charge < -0.3 is 5.32 Å². The summed E-state index contributed by atoms with van der Waals surface area (Å²) in [6.07, 6.45) is 2.15. The maximum absolute atomic E-state index is 12.1. The number of nitrogens with zero attached hydrogens (tertiary/aromatic N) is 1. The van der Waals surface area contributed by atoms with Crippen molar-refractivity contribution in [2.75, 3.05) is 6.54 Å². The highest BCUT2D eigenvalue weighted by molar-refractivity contribution is 6.05. The van der Waals surface area contributed by atoms with Crippen molar-refractivity contribution < 1.29 is 9.59 Å². The molecule has 1 aliphatic heterocycles. The highest BCUT2D eigenvalue weighted by Crippen LogP contribution is 2.19. The zero-order chi connectivity index (χ0) is 15.5. The van der Waals surface area contributed by atoms with Crippen LogP contribution in [0.3, 0.4) is 0 Å². The van der Waals surface area contributed by atoms with Crippen LogP contribution in [0.2, 0.25) is 0 Å². The van der Waals surface area contributed by atoms with Gasteiger partial charge in [-0.25, -0.2) is 0 Å². The predicted molar refractivity (Wildman–Crippen MR) is 82.8 cm³/mol. The number of nitrogens with one attached hydrogen (secondary N) is 1. The van der Waals surface area contributed by atoms with Gasteiger partial charge in [0.25, 0.3) is 0 Å². The number of aryl methyl sites for hydroxylation is 1. The van der Waals surface area contributed by atoms with Gasteiger partial charge in [-0.1, -0.05) is 30.3 Å². The number of likely N-dealkylation sites (tertiary alicyclic amines) is 1. The average molecular weight is 288 g/mol. The van der Waals surface area contributed by atoms with Crippen LogP contribution >= 0.6 is 0 Å². The van der Waals surface area contributed by atoms with Gasteiger partial charge in [0.1, 0.15) is 0 Å². The second-order valence-corrected chi connectivity index (χ2v) is 6.25. The minimum absolute atomic E-state index is 0.0705. The number of likely N-dealkylation sites (N-methyl/N-ethyl adjacent to an activating group) is 1. The molecule has 4 nitrogen and oxygen atoms in total. The number of amides is 2. The van der Waals surface area contributed by atoms with Crippen LogP contribution in [-0.2, 0) is 16.0 Å². The van der Waals surface area contributed by atoms with Gasteiger partial charge in [0.15, 0.2) is 0 Å². The summed E-state index contributed by atoms with van der Waals surface area (Å²) in [5.41, 5.74) is 1.11. The molecule has 2 rings (SSSR count). The number of benzene rings is 1. The molecule has 21 heavy (non-hydrogen) atoms. The summed E-state index contributed by atoms with van der Waals surface area (Å²) in [5, 5.41) is 3.36. The molecular weight excluding hydrogens is 264 g/mol. The standard InChI is InChI=1S/C17H24N2O2/c1-4-19-15(20)12-14(16(19)21)18-17(2,3)11-10-13-8-6-5-7-9-13/h5-9,14,18H,4,10-12H2,1-3H3. The Morgan fingerprint density at radius 1 is 1.24 bits per heavy atom. The first kappa shape index (κ1) is 15.7. The molecule has 4 heteroatoms. The summed E-state index contributed by atoms with van der Waals surface area (Å²) in [5.74, 6) is -0.158. The molecule has 1 heterocycles. The third-order valence-electron chi connectivity index (χ3n) is 4.01. The highest BCUT2D eigenvalue weighted by atomic mass is 16.2. The van der Waals surface area contributed by atoms with Gasteiger partial charge in [-0.15, -0.1) is 0 Å².